The van der Waals surface area contributed by atoms with Crippen LogP contribution in [0.2, 0.25) is 0 Å². The first-order chi connectivity index (χ1) is 9.52. The number of piperidine rings is 1. The number of nitrogens with zero attached hydrogens (tertiary/aromatic N) is 2. The molecule has 0 spiro atoms. The summed E-state index contributed by atoms with van der Waals surface area (Å²) in [7, 11) is 2.15. The molecule has 1 aromatic rings. The van der Waals surface area contributed by atoms with Gasteiger partial charge in [-0.2, -0.15) is 5.26 Å². The summed E-state index contributed by atoms with van der Waals surface area (Å²) in [6, 6.07) is 6.44. The second-order valence-electron chi connectivity index (χ2n) is 6.13. The second-order valence-corrected chi connectivity index (χ2v) is 6.13. The summed E-state index contributed by atoms with van der Waals surface area (Å²) in [6.07, 6.45) is 2.34. The molecule has 108 valence electrons. The first-order valence-electron chi connectivity index (χ1n) is 7.10. The number of hydrogen-bond donors (Lipinski definition) is 1. The van der Waals surface area contributed by atoms with E-state index in [4.69, 9.17) is 5.26 Å². The Balaban J connectivity index is 1.90. The highest BCUT2D eigenvalue weighted by atomic mass is 19.1. The van der Waals surface area contributed by atoms with Crippen LogP contribution in [-0.2, 0) is 6.54 Å². The van der Waals surface area contributed by atoms with E-state index in [0.29, 0.717) is 17.5 Å². The molecule has 0 aliphatic carbocycles. The van der Waals surface area contributed by atoms with Crippen molar-refractivity contribution in [1.29, 1.82) is 5.26 Å². The van der Waals surface area contributed by atoms with Crippen molar-refractivity contribution in [1.82, 2.24) is 10.2 Å². The van der Waals surface area contributed by atoms with Gasteiger partial charge in [-0.05, 0) is 62.2 Å². The van der Waals surface area contributed by atoms with Gasteiger partial charge in [0, 0.05) is 13.1 Å². The van der Waals surface area contributed by atoms with Crippen LogP contribution in [-0.4, -0.2) is 31.6 Å². The van der Waals surface area contributed by atoms with Crippen molar-refractivity contribution in [3.8, 4) is 6.07 Å². The largest absolute Gasteiger partial charge is 0.312 e. The van der Waals surface area contributed by atoms with Gasteiger partial charge in [-0.1, -0.05) is 6.92 Å². The lowest BCUT2D eigenvalue weighted by molar-refractivity contribution is 0.137. The summed E-state index contributed by atoms with van der Waals surface area (Å²) in [5.41, 5.74) is 1.59. The van der Waals surface area contributed by atoms with Crippen LogP contribution in [0.15, 0.2) is 18.2 Å². The molecule has 1 N–H and O–H groups in total. The number of nitriles is 1. The van der Waals surface area contributed by atoms with Crippen LogP contribution in [0.3, 0.4) is 0 Å². The Morgan fingerprint density at radius 2 is 2.10 bits per heavy atom. The van der Waals surface area contributed by atoms with Gasteiger partial charge in [0.25, 0.3) is 0 Å². The molecule has 1 aliphatic heterocycles. The molecule has 1 aromatic carbocycles. The van der Waals surface area contributed by atoms with Crippen molar-refractivity contribution in [2.24, 2.45) is 5.41 Å². The maximum absolute atomic E-state index is 13.2. The summed E-state index contributed by atoms with van der Waals surface area (Å²) in [6.45, 7) is 6.00. The van der Waals surface area contributed by atoms with E-state index in [0.717, 1.165) is 25.2 Å². The number of benzene rings is 1. The van der Waals surface area contributed by atoms with Crippen molar-refractivity contribution >= 4 is 0 Å². The van der Waals surface area contributed by atoms with E-state index < -0.39 is 0 Å². The van der Waals surface area contributed by atoms with Crippen molar-refractivity contribution in [2.45, 2.75) is 26.3 Å². The summed E-state index contributed by atoms with van der Waals surface area (Å²) in [5.74, 6) is -0.286. The van der Waals surface area contributed by atoms with Crippen LogP contribution < -0.4 is 5.32 Å². The maximum Gasteiger partial charge on any atom is 0.123 e. The molecule has 0 bridgehead atoms. The molecule has 1 fully saturated rings. The Morgan fingerprint density at radius 1 is 1.40 bits per heavy atom. The van der Waals surface area contributed by atoms with Gasteiger partial charge in [0.15, 0.2) is 0 Å². The summed E-state index contributed by atoms with van der Waals surface area (Å²) in [4.78, 5) is 2.35. The minimum Gasteiger partial charge on any atom is -0.312 e. The van der Waals surface area contributed by atoms with Crippen molar-refractivity contribution in [3.63, 3.8) is 0 Å². The minimum atomic E-state index is -0.286. The van der Waals surface area contributed by atoms with Gasteiger partial charge in [0.05, 0.1) is 11.6 Å². The van der Waals surface area contributed by atoms with E-state index in [1.54, 1.807) is 6.07 Å². The van der Waals surface area contributed by atoms with Gasteiger partial charge in [-0.3, -0.25) is 0 Å². The number of nitrogens with one attached hydrogen (secondary N) is 1. The first-order valence-corrected chi connectivity index (χ1v) is 7.10. The third kappa shape index (κ3) is 3.78. The number of halogens is 1. The number of likely N-dealkylation sites (tertiary alicyclic amines) is 1. The highest BCUT2D eigenvalue weighted by molar-refractivity contribution is 5.37. The summed E-state index contributed by atoms with van der Waals surface area (Å²) in [5, 5.41) is 12.4. The topological polar surface area (TPSA) is 39.1 Å². The summed E-state index contributed by atoms with van der Waals surface area (Å²) >= 11 is 0. The van der Waals surface area contributed by atoms with Crippen molar-refractivity contribution < 1.29 is 4.39 Å². The molecule has 0 aromatic heterocycles. The average molecular weight is 275 g/mol. The molecular weight excluding hydrogens is 253 g/mol. The third-order valence-corrected chi connectivity index (χ3v) is 4.25. The molecule has 20 heavy (non-hydrogen) atoms. The van der Waals surface area contributed by atoms with Gasteiger partial charge in [0.1, 0.15) is 5.82 Å². The number of hydrogen-bond acceptors (Lipinski definition) is 3. The highest BCUT2D eigenvalue weighted by Crippen LogP contribution is 2.29. The van der Waals surface area contributed by atoms with E-state index in [1.807, 2.05) is 0 Å². The molecule has 1 heterocycles. The smallest absolute Gasteiger partial charge is 0.123 e. The van der Waals surface area contributed by atoms with Crippen LogP contribution in [0, 0.1) is 22.6 Å². The zero-order valence-corrected chi connectivity index (χ0v) is 12.2. The monoisotopic (exact) mass is 275 g/mol. The van der Waals surface area contributed by atoms with Crippen LogP contribution in [0.1, 0.15) is 30.9 Å². The second kappa shape index (κ2) is 6.34. The molecule has 0 unspecified atom stereocenters. The fourth-order valence-electron chi connectivity index (χ4n) is 2.65. The molecule has 1 saturated heterocycles. The molecule has 2 rings (SSSR count). The van der Waals surface area contributed by atoms with Crippen LogP contribution in [0.25, 0.3) is 0 Å². The quantitative estimate of drug-likeness (QED) is 0.917. The normalized spacial score (nSPS) is 18.7. The Labute approximate surface area is 120 Å². The lowest BCUT2D eigenvalue weighted by atomic mass is 9.80. The van der Waals surface area contributed by atoms with Gasteiger partial charge in [-0.25, -0.2) is 4.39 Å². The van der Waals surface area contributed by atoms with Crippen LogP contribution in [0.4, 0.5) is 4.39 Å². The van der Waals surface area contributed by atoms with Gasteiger partial charge in [-0.15, -0.1) is 0 Å². The lowest BCUT2D eigenvalue weighted by Gasteiger charge is -2.38. The van der Waals surface area contributed by atoms with Crippen LogP contribution in [0.5, 0.6) is 0 Å². The van der Waals surface area contributed by atoms with E-state index in [2.05, 4.69) is 30.3 Å². The van der Waals surface area contributed by atoms with Gasteiger partial charge >= 0.3 is 0 Å². The zero-order valence-electron chi connectivity index (χ0n) is 12.2. The minimum absolute atomic E-state index is 0.286. The van der Waals surface area contributed by atoms with Crippen LogP contribution >= 0.6 is 0 Å². The fourth-order valence-corrected chi connectivity index (χ4v) is 2.65. The molecule has 0 saturated carbocycles. The highest BCUT2D eigenvalue weighted by Gasteiger charge is 2.28. The van der Waals surface area contributed by atoms with E-state index in [-0.39, 0.29) is 5.82 Å². The summed E-state index contributed by atoms with van der Waals surface area (Å²) < 4.78 is 13.2. The molecule has 4 heteroatoms. The molecule has 0 amide bonds. The SMILES string of the molecule is CN1CCC(C)(CNCc2cc(F)ccc2C#N)CC1. The number of rotatable bonds is 4. The van der Waals surface area contributed by atoms with Crippen molar-refractivity contribution in [3.05, 3.63) is 35.1 Å². The van der Waals surface area contributed by atoms with Crippen molar-refractivity contribution in [2.75, 3.05) is 26.7 Å². The molecule has 1 aliphatic rings. The fraction of sp³-hybridized carbons (Fsp3) is 0.562. The Kier molecular flexibility index (Phi) is 4.74. The lowest BCUT2D eigenvalue weighted by Crippen LogP contribution is -2.41. The first kappa shape index (κ1) is 15.0. The van der Waals surface area contributed by atoms with E-state index in [1.165, 1.54) is 25.0 Å². The predicted octanol–water partition coefficient (Wildman–Crippen LogP) is 2.52. The van der Waals surface area contributed by atoms with Gasteiger partial charge < -0.3 is 10.2 Å². The Bertz CT molecular complexity index is 499. The van der Waals surface area contributed by atoms with Gasteiger partial charge in [0.2, 0.25) is 0 Å². The Morgan fingerprint density at radius 3 is 2.75 bits per heavy atom. The zero-order chi connectivity index (χ0) is 14.6. The molecular formula is C16H22FN3. The molecule has 0 radical (unpaired) electrons. The standard InChI is InChI=1S/C16H22FN3/c1-16(5-7-20(2)8-6-16)12-19-11-14-9-15(17)4-3-13(14)10-18/h3-4,9,19H,5-8,11-12H2,1-2H3. The molecule has 0 atom stereocenters. The predicted molar refractivity (Wildman–Crippen MR) is 77.7 cm³/mol. The third-order valence-electron chi connectivity index (χ3n) is 4.25. The van der Waals surface area contributed by atoms with E-state index in [9.17, 15) is 4.39 Å². The van der Waals surface area contributed by atoms with E-state index >= 15 is 0 Å². The maximum atomic E-state index is 13.2. The Hall–Kier alpha value is -1.44. The average Bonchev–Trinajstić information content (AvgIpc) is 2.43. The molecule has 3 nitrogen and oxygen atoms in total.